The maximum absolute atomic E-state index is 11.6. The Kier molecular flexibility index (Phi) is 3.27. The maximum atomic E-state index is 11.6. The molecule has 1 aromatic rings. The highest BCUT2D eigenvalue weighted by atomic mass is 16.3. The number of amides is 2. The lowest BCUT2D eigenvalue weighted by molar-refractivity contribution is -0.145. The summed E-state index contributed by atoms with van der Waals surface area (Å²) in [5.74, 6) is -0.214. The minimum Gasteiger partial charge on any atom is -0.472 e. The van der Waals surface area contributed by atoms with Crippen LogP contribution in [0.3, 0.4) is 0 Å². The van der Waals surface area contributed by atoms with E-state index in [-0.39, 0.29) is 24.3 Å². The van der Waals surface area contributed by atoms with Crippen molar-refractivity contribution in [1.82, 2.24) is 10.2 Å². The standard InChI is InChI=1S/C12H14N2O3/c1-2-4-14-7-10(12(14)16)13-11(15)6-9-3-5-17-8-9/h2-3,5,8,10H,1,4,6-7H2,(H,13,15). The number of rotatable bonds is 5. The van der Waals surface area contributed by atoms with Gasteiger partial charge in [0.15, 0.2) is 0 Å². The van der Waals surface area contributed by atoms with E-state index in [4.69, 9.17) is 4.42 Å². The fourth-order valence-corrected chi connectivity index (χ4v) is 1.75. The van der Waals surface area contributed by atoms with Gasteiger partial charge in [0, 0.05) is 6.54 Å². The molecule has 1 aliphatic rings. The van der Waals surface area contributed by atoms with Crippen LogP contribution in [-0.2, 0) is 16.0 Å². The number of β-lactam (4-membered cyclic amide) rings is 1. The zero-order chi connectivity index (χ0) is 12.3. The normalized spacial score (nSPS) is 18.7. The van der Waals surface area contributed by atoms with Gasteiger partial charge >= 0.3 is 0 Å². The van der Waals surface area contributed by atoms with E-state index in [0.717, 1.165) is 5.56 Å². The summed E-state index contributed by atoms with van der Waals surface area (Å²) in [4.78, 5) is 24.7. The molecule has 1 fully saturated rings. The van der Waals surface area contributed by atoms with Crippen LogP contribution >= 0.6 is 0 Å². The molecule has 2 rings (SSSR count). The smallest absolute Gasteiger partial charge is 0.247 e. The molecule has 1 N–H and O–H groups in total. The van der Waals surface area contributed by atoms with Crippen LogP contribution in [0.4, 0.5) is 0 Å². The van der Waals surface area contributed by atoms with Crippen LogP contribution in [0, 0.1) is 0 Å². The Morgan fingerprint density at radius 1 is 1.71 bits per heavy atom. The molecule has 5 nitrogen and oxygen atoms in total. The fraction of sp³-hybridized carbons (Fsp3) is 0.333. The highest BCUT2D eigenvalue weighted by molar-refractivity contribution is 5.92. The zero-order valence-electron chi connectivity index (χ0n) is 9.39. The number of nitrogens with zero attached hydrogens (tertiary/aromatic N) is 1. The van der Waals surface area contributed by atoms with Crippen molar-refractivity contribution in [1.29, 1.82) is 0 Å². The van der Waals surface area contributed by atoms with Crippen molar-refractivity contribution in [3.63, 3.8) is 0 Å². The van der Waals surface area contributed by atoms with Gasteiger partial charge in [0.05, 0.1) is 25.5 Å². The maximum Gasteiger partial charge on any atom is 0.247 e. The van der Waals surface area contributed by atoms with Crippen molar-refractivity contribution in [3.8, 4) is 0 Å². The van der Waals surface area contributed by atoms with Crippen LogP contribution in [0.2, 0.25) is 0 Å². The third kappa shape index (κ3) is 2.55. The highest BCUT2D eigenvalue weighted by Crippen LogP contribution is 2.10. The Labute approximate surface area is 99.1 Å². The molecule has 1 atom stereocenters. The molecule has 0 aliphatic carbocycles. The summed E-state index contributed by atoms with van der Waals surface area (Å²) >= 11 is 0. The molecule has 1 unspecified atom stereocenters. The fourth-order valence-electron chi connectivity index (χ4n) is 1.75. The van der Waals surface area contributed by atoms with E-state index >= 15 is 0 Å². The van der Waals surface area contributed by atoms with Gasteiger partial charge in [-0.25, -0.2) is 0 Å². The van der Waals surface area contributed by atoms with Crippen molar-refractivity contribution >= 4 is 11.8 Å². The van der Waals surface area contributed by atoms with E-state index in [2.05, 4.69) is 11.9 Å². The summed E-state index contributed by atoms with van der Waals surface area (Å²) in [5, 5.41) is 2.69. The minimum atomic E-state index is -0.380. The monoisotopic (exact) mass is 234 g/mol. The molecule has 0 saturated carbocycles. The molecule has 0 radical (unpaired) electrons. The van der Waals surface area contributed by atoms with Crippen molar-refractivity contribution in [3.05, 3.63) is 36.8 Å². The van der Waals surface area contributed by atoms with E-state index in [1.165, 1.54) is 12.5 Å². The summed E-state index contributed by atoms with van der Waals surface area (Å²) in [5.41, 5.74) is 0.803. The Morgan fingerprint density at radius 2 is 2.53 bits per heavy atom. The number of furan rings is 1. The van der Waals surface area contributed by atoms with E-state index in [1.54, 1.807) is 17.0 Å². The highest BCUT2D eigenvalue weighted by Gasteiger charge is 2.36. The molecule has 1 aromatic heterocycles. The molecule has 0 spiro atoms. The summed E-state index contributed by atoms with van der Waals surface area (Å²) in [6, 6.07) is 1.35. The molecule has 5 heteroatoms. The van der Waals surface area contributed by atoms with E-state index in [0.29, 0.717) is 13.1 Å². The lowest BCUT2D eigenvalue weighted by atomic mass is 10.1. The molecule has 2 heterocycles. The summed E-state index contributed by atoms with van der Waals surface area (Å²) in [7, 11) is 0. The third-order valence-electron chi connectivity index (χ3n) is 2.64. The van der Waals surface area contributed by atoms with Crippen molar-refractivity contribution in [2.45, 2.75) is 12.5 Å². The molecule has 0 aromatic carbocycles. The predicted octanol–water partition coefficient (Wildman–Crippen LogP) is 0.335. The Bertz CT molecular complexity index is 425. The number of hydrogen-bond donors (Lipinski definition) is 1. The van der Waals surface area contributed by atoms with E-state index in [1.807, 2.05) is 0 Å². The summed E-state index contributed by atoms with van der Waals surface area (Å²) < 4.78 is 4.86. The molecule has 2 amide bonds. The molecule has 0 bridgehead atoms. The van der Waals surface area contributed by atoms with Gasteiger partial charge in [-0.2, -0.15) is 0 Å². The third-order valence-corrected chi connectivity index (χ3v) is 2.64. The largest absolute Gasteiger partial charge is 0.472 e. The lowest BCUT2D eigenvalue weighted by Crippen LogP contribution is -2.63. The first-order valence-electron chi connectivity index (χ1n) is 5.41. The second kappa shape index (κ2) is 4.86. The van der Waals surface area contributed by atoms with Gasteiger partial charge in [-0.15, -0.1) is 6.58 Å². The van der Waals surface area contributed by atoms with Gasteiger partial charge in [0.2, 0.25) is 11.8 Å². The number of nitrogens with one attached hydrogen (secondary N) is 1. The van der Waals surface area contributed by atoms with Gasteiger partial charge in [-0.3, -0.25) is 9.59 Å². The second-order valence-electron chi connectivity index (χ2n) is 3.96. The molecular formula is C12H14N2O3. The minimum absolute atomic E-state index is 0.0505. The van der Waals surface area contributed by atoms with Gasteiger partial charge in [-0.1, -0.05) is 6.08 Å². The molecule has 1 aliphatic heterocycles. The van der Waals surface area contributed by atoms with Crippen molar-refractivity contribution < 1.29 is 14.0 Å². The van der Waals surface area contributed by atoms with Crippen molar-refractivity contribution in [2.75, 3.05) is 13.1 Å². The predicted molar refractivity (Wildman–Crippen MR) is 61.1 cm³/mol. The number of hydrogen-bond acceptors (Lipinski definition) is 3. The van der Waals surface area contributed by atoms with Crippen LogP contribution in [0.1, 0.15) is 5.56 Å². The first kappa shape index (κ1) is 11.4. The van der Waals surface area contributed by atoms with Crippen LogP contribution < -0.4 is 5.32 Å². The summed E-state index contributed by atoms with van der Waals surface area (Å²) in [6.07, 6.45) is 4.94. The number of likely N-dealkylation sites (tertiary alicyclic amines) is 1. The number of carbonyl (C=O) groups excluding carboxylic acids is 2. The van der Waals surface area contributed by atoms with Crippen LogP contribution in [0.5, 0.6) is 0 Å². The van der Waals surface area contributed by atoms with Gasteiger partial charge in [-0.05, 0) is 11.6 Å². The second-order valence-corrected chi connectivity index (χ2v) is 3.96. The van der Waals surface area contributed by atoms with Crippen molar-refractivity contribution in [2.24, 2.45) is 0 Å². The summed E-state index contributed by atoms with van der Waals surface area (Å²) in [6.45, 7) is 4.65. The molecule has 17 heavy (non-hydrogen) atoms. The Balaban J connectivity index is 1.77. The molecule has 90 valence electrons. The first-order chi connectivity index (χ1) is 8.20. The zero-order valence-corrected chi connectivity index (χ0v) is 9.39. The number of carbonyl (C=O) groups is 2. The average Bonchev–Trinajstić information content (AvgIpc) is 2.80. The molecular weight excluding hydrogens is 220 g/mol. The van der Waals surface area contributed by atoms with Gasteiger partial charge in [0.25, 0.3) is 0 Å². The first-order valence-corrected chi connectivity index (χ1v) is 5.41. The SMILES string of the molecule is C=CCN1CC(NC(=O)Cc2ccoc2)C1=O. The van der Waals surface area contributed by atoms with Gasteiger partial charge < -0.3 is 14.6 Å². The van der Waals surface area contributed by atoms with Crippen LogP contribution in [0.15, 0.2) is 35.7 Å². The van der Waals surface area contributed by atoms with E-state index < -0.39 is 0 Å². The lowest BCUT2D eigenvalue weighted by Gasteiger charge is -2.37. The van der Waals surface area contributed by atoms with Gasteiger partial charge in [0.1, 0.15) is 6.04 Å². The Morgan fingerprint density at radius 3 is 3.12 bits per heavy atom. The Hall–Kier alpha value is -2.04. The van der Waals surface area contributed by atoms with E-state index in [9.17, 15) is 9.59 Å². The average molecular weight is 234 g/mol. The quantitative estimate of drug-likeness (QED) is 0.590. The molecule has 1 saturated heterocycles. The van der Waals surface area contributed by atoms with Crippen LogP contribution in [-0.4, -0.2) is 35.8 Å². The topological polar surface area (TPSA) is 62.6 Å². The van der Waals surface area contributed by atoms with Crippen LogP contribution in [0.25, 0.3) is 0 Å².